The van der Waals surface area contributed by atoms with Crippen LogP contribution in [0.5, 0.6) is 11.6 Å². The van der Waals surface area contributed by atoms with Crippen molar-refractivity contribution in [3.8, 4) is 11.6 Å². The van der Waals surface area contributed by atoms with Gasteiger partial charge in [-0.25, -0.2) is 13.4 Å². The van der Waals surface area contributed by atoms with Gasteiger partial charge in [-0.2, -0.15) is 0 Å². The Morgan fingerprint density at radius 2 is 1.79 bits per heavy atom. The summed E-state index contributed by atoms with van der Waals surface area (Å²) < 4.78 is 35.5. The summed E-state index contributed by atoms with van der Waals surface area (Å²) in [4.78, 5) is 19.0. The summed E-state index contributed by atoms with van der Waals surface area (Å²) in [7, 11) is -2.02. The fraction of sp³-hybridized carbons (Fsp3) is 0.200. The fourth-order valence-electron chi connectivity index (χ4n) is 4.09. The van der Waals surface area contributed by atoms with E-state index in [0.717, 1.165) is 24.0 Å². The number of ether oxygens (including phenoxy) is 1. The first-order chi connectivity index (χ1) is 17.7. The van der Waals surface area contributed by atoms with Gasteiger partial charge in [0.2, 0.25) is 5.88 Å². The van der Waals surface area contributed by atoms with Crippen LogP contribution in [0.1, 0.15) is 10.5 Å². The molecule has 13 heteroatoms. The minimum atomic E-state index is -3.88. The standard InChI is InChI=1S/C25H23Cl2N5O4S.ClH/c1-31-22-13-18(4-2-16(22)12-23(31)25(33)32-10-8-28-9-11-32)36-24-7-3-17(15-29-24)30-37(34,35)19-5-6-20(26)21(27)14-19;/h2-7,12-15,28,30H,8-11H2,1H3;1H. The normalized spacial score (nSPS) is 13.7. The average Bonchev–Trinajstić information content (AvgIpc) is 3.22. The van der Waals surface area contributed by atoms with E-state index in [1.807, 2.05) is 34.7 Å². The second-order valence-corrected chi connectivity index (χ2v) is 11.0. The molecule has 1 saturated heterocycles. The number of aryl methyl sites for hydroxylation is 1. The lowest BCUT2D eigenvalue weighted by atomic mass is 10.2. The largest absolute Gasteiger partial charge is 0.439 e. The number of anilines is 1. The van der Waals surface area contributed by atoms with E-state index in [4.69, 9.17) is 27.9 Å². The molecule has 0 aliphatic carbocycles. The molecule has 1 fully saturated rings. The molecule has 4 aromatic rings. The van der Waals surface area contributed by atoms with Crippen molar-refractivity contribution in [2.45, 2.75) is 4.90 Å². The number of halogens is 3. The molecule has 2 N–H and O–H groups in total. The molecule has 1 aliphatic heterocycles. The Balaban J connectivity index is 0.00000336. The molecule has 0 saturated carbocycles. The monoisotopic (exact) mass is 595 g/mol. The number of fused-ring (bicyclic) bond motifs is 1. The molecule has 0 atom stereocenters. The Bertz CT molecular complexity index is 1590. The van der Waals surface area contributed by atoms with Gasteiger partial charge in [-0.05, 0) is 42.5 Å². The van der Waals surface area contributed by atoms with Crippen LogP contribution < -0.4 is 14.8 Å². The maximum Gasteiger partial charge on any atom is 0.270 e. The third-order valence-electron chi connectivity index (χ3n) is 6.05. The summed E-state index contributed by atoms with van der Waals surface area (Å²) in [6, 6.07) is 14.6. The van der Waals surface area contributed by atoms with Gasteiger partial charge in [-0.15, -0.1) is 12.4 Å². The number of hydrogen-bond donors (Lipinski definition) is 2. The number of amides is 1. The third kappa shape index (κ3) is 5.84. The van der Waals surface area contributed by atoms with Gasteiger partial charge in [0.15, 0.2) is 0 Å². The van der Waals surface area contributed by atoms with Gasteiger partial charge in [0.1, 0.15) is 11.4 Å². The van der Waals surface area contributed by atoms with Gasteiger partial charge >= 0.3 is 0 Å². The minimum Gasteiger partial charge on any atom is -0.439 e. The second-order valence-electron chi connectivity index (χ2n) is 8.52. The third-order valence-corrected chi connectivity index (χ3v) is 8.17. The molecule has 3 heterocycles. The highest BCUT2D eigenvalue weighted by molar-refractivity contribution is 7.92. The van der Waals surface area contributed by atoms with E-state index < -0.39 is 10.0 Å². The van der Waals surface area contributed by atoms with E-state index in [1.54, 1.807) is 18.2 Å². The van der Waals surface area contributed by atoms with Gasteiger partial charge in [0.05, 0.1) is 32.3 Å². The number of benzene rings is 2. The van der Waals surface area contributed by atoms with E-state index in [0.29, 0.717) is 24.5 Å². The van der Waals surface area contributed by atoms with Crippen LogP contribution in [0, 0.1) is 0 Å². The van der Waals surface area contributed by atoms with Crippen molar-refractivity contribution >= 4 is 68.1 Å². The molecule has 0 bridgehead atoms. The first kappa shape index (κ1) is 28.0. The number of aromatic nitrogens is 2. The zero-order chi connectivity index (χ0) is 26.2. The van der Waals surface area contributed by atoms with Crippen molar-refractivity contribution in [2.75, 3.05) is 30.9 Å². The van der Waals surface area contributed by atoms with Gasteiger partial charge < -0.3 is 19.5 Å². The van der Waals surface area contributed by atoms with Gasteiger partial charge in [-0.1, -0.05) is 23.2 Å². The summed E-state index contributed by atoms with van der Waals surface area (Å²) in [5.41, 5.74) is 1.72. The number of hydrogen-bond acceptors (Lipinski definition) is 6. The van der Waals surface area contributed by atoms with E-state index in [1.165, 1.54) is 24.4 Å². The Kier molecular flexibility index (Phi) is 8.39. The number of carbonyl (C=O) groups excluding carboxylic acids is 1. The summed E-state index contributed by atoms with van der Waals surface area (Å²) in [6.45, 7) is 2.94. The predicted molar refractivity (Wildman–Crippen MR) is 151 cm³/mol. The molecule has 1 aliphatic rings. The van der Waals surface area contributed by atoms with Crippen LogP contribution in [0.15, 0.2) is 65.7 Å². The number of nitrogens with zero attached hydrogens (tertiary/aromatic N) is 3. The smallest absolute Gasteiger partial charge is 0.270 e. The lowest BCUT2D eigenvalue weighted by Gasteiger charge is -2.27. The first-order valence-electron chi connectivity index (χ1n) is 11.4. The van der Waals surface area contributed by atoms with Gasteiger partial charge in [-0.3, -0.25) is 9.52 Å². The molecule has 5 rings (SSSR count). The Labute approximate surface area is 236 Å². The van der Waals surface area contributed by atoms with Crippen LogP contribution in [0.2, 0.25) is 10.0 Å². The summed E-state index contributed by atoms with van der Waals surface area (Å²) in [5, 5.41) is 4.58. The highest BCUT2D eigenvalue weighted by Crippen LogP contribution is 2.29. The number of nitrogens with one attached hydrogen (secondary N) is 2. The first-order valence-corrected chi connectivity index (χ1v) is 13.7. The molecule has 2 aromatic carbocycles. The van der Waals surface area contributed by atoms with Crippen molar-refractivity contribution in [2.24, 2.45) is 7.05 Å². The number of rotatable bonds is 6. The van der Waals surface area contributed by atoms with Crippen LogP contribution in [0.3, 0.4) is 0 Å². The van der Waals surface area contributed by atoms with E-state index in [9.17, 15) is 13.2 Å². The predicted octanol–water partition coefficient (Wildman–Crippen LogP) is 4.94. The fourth-order valence-corrected chi connectivity index (χ4v) is 5.52. The Hall–Kier alpha value is -3.02. The topological polar surface area (TPSA) is 106 Å². The SMILES string of the molecule is Cl.Cn1c(C(=O)N2CCNCC2)cc2ccc(Oc3ccc(NS(=O)(=O)c4ccc(Cl)c(Cl)c4)cn3)cc21. The number of carbonyl (C=O) groups is 1. The molecule has 38 heavy (non-hydrogen) atoms. The van der Waals surface area contributed by atoms with Gasteiger partial charge in [0.25, 0.3) is 15.9 Å². The van der Waals surface area contributed by atoms with Crippen LogP contribution in [-0.2, 0) is 17.1 Å². The maximum atomic E-state index is 13.0. The summed E-state index contributed by atoms with van der Waals surface area (Å²) in [5.74, 6) is 0.818. The Morgan fingerprint density at radius 1 is 1.03 bits per heavy atom. The average molecular weight is 597 g/mol. The lowest BCUT2D eigenvalue weighted by Crippen LogP contribution is -2.46. The van der Waals surface area contributed by atoms with Crippen LogP contribution in [0.4, 0.5) is 5.69 Å². The number of sulfonamides is 1. The quantitative estimate of drug-likeness (QED) is 0.327. The molecule has 0 spiro atoms. The molecule has 200 valence electrons. The van der Waals surface area contributed by atoms with Crippen molar-refractivity contribution in [1.82, 2.24) is 19.8 Å². The van der Waals surface area contributed by atoms with E-state index >= 15 is 0 Å². The highest BCUT2D eigenvalue weighted by atomic mass is 35.5. The van der Waals surface area contributed by atoms with Crippen LogP contribution in [0.25, 0.3) is 10.9 Å². The maximum absolute atomic E-state index is 13.0. The zero-order valence-corrected chi connectivity index (χ0v) is 23.3. The van der Waals surface area contributed by atoms with Gasteiger partial charge in [0, 0.05) is 50.7 Å². The molecule has 2 aromatic heterocycles. The number of piperazine rings is 1. The second kappa shape index (κ2) is 11.4. The van der Waals surface area contributed by atoms with Crippen molar-refractivity contribution in [3.63, 3.8) is 0 Å². The summed E-state index contributed by atoms with van der Waals surface area (Å²) in [6.07, 6.45) is 1.36. The van der Waals surface area contributed by atoms with Crippen molar-refractivity contribution in [3.05, 3.63) is 76.5 Å². The number of pyridine rings is 1. The summed E-state index contributed by atoms with van der Waals surface area (Å²) >= 11 is 11.8. The minimum absolute atomic E-state index is 0. The molecular weight excluding hydrogens is 573 g/mol. The molecule has 0 unspecified atom stereocenters. The van der Waals surface area contributed by atoms with Crippen LogP contribution >= 0.6 is 35.6 Å². The lowest BCUT2D eigenvalue weighted by molar-refractivity contribution is 0.0726. The van der Waals surface area contributed by atoms with Crippen molar-refractivity contribution in [1.29, 1.82) is 0 Å². The van der Waals surface area contributed by atoms with E-state index in [-0.39, 0.29) is 44.8 Å². The van der Waals surface area contributed by atoms with E-state index in [2.05, 4.69) is 15.0 Å². The molecule has 9 nitrogen and oxygen atoms in total. The molecule has 1 amide bonds. The zero-order valence-electron chi connectivity index (χ0n) is 20.1. The van der Waals surface area contributed by atoms with Crippen LogP contribution in [-0.4, -0.2) is 55.0 Å². The highest BCUT2D eigenvalue weighted by Gasteiger charge is 2.22. The molecule has 0 radical (unpaired) electrons. The van der Waals surface area contributed by atoms with Crippen molar-refractivity contribution < 1.29 is 17.9 Å². The Morgan fingerprint density at radius 3 is 2.47 bits per heavy atom. The molecular formula is C25H24Cl3N5O4S.